The highest BCUT2D eigenvalue weighted by molar-refractivity contribution is 7.21. The lowest BCUT2D eigenvalue weighted by atomic mass is 10.1. The molecule has 0 radical (unpaired) electrons. The third-order valence-electron chi connectivity index (χ3n) is 4.08. The van der Waals surface area contributed by atoms with Crippen LogP contribution in [0.1, 0.15) is 21.5 Å². The van der Waals surface area contributed by atoms with Crippen molar-refractivity contribution in [2.45, 2.75) is 6.42 Å². The van der Waals surface area contributed by atoms with Crippen molar-refractivity contribution < 1.29 is 9.90 Å². The molecule has 122 valence electrons. The molecule has 0 unspecified atom stereocenters. The van der Waals surface area contributed by atoms with Gasteiger partial charge in [0.25, 0.3) is 0 Å². The van der Waals surface area contributed by atoms with Crippen molar-refractivity contribution in [3.8, 4) is 10.6 Å². The van der Waals surface area contributed by atoms with Crippen LogP contribution in [-0.4, -0.2) is 16.1 Å². The number of benzene rings is 3. The van der Waals surface area contributed by atoms with Crippen molar-refractivity contribution in [2.24, 2.45) is 0 Å². The summed E-state index contributed by atoms with van der Waals surface area (Å²) in [6.45, 7) is 0. The topological polar surface area (TPSA) is 50.2 Å². The molecular formula is C21H15NO2S. The minimum absolute atomic E-state index is 0.287. The molecule has 0 atom stereocenters. The zero-order chi connectivity index (χ0) is 17.2. The predicted octanol–water partition coefficient (Wildman–Crippen LogP) is 5.25. The number of thiazole rings is 1. The number of carboxylic acid groups (broad SMARTS) is 1. The van der Waals surface area contributed by atoms with Crippen molar-refractivity contribution in [3.63, 3.8) is 0 Å². The summed E-state index contributed by atoms with van der Waals surface area (Å²) in [5, 5.41) is 9.91. The smallest absolute Gasteiger partial charge is 0.335 e. The molecule has 0 aliphatic rings. The number of carbonyl (C=O) groups is 1. The largest absolute Gasteiger partial charge is 0.478 e. The van der Waals surface area contributed by atoms with E-state index in [9.17, 15) is 4.79 Å². The number of aromatic carboxylic acids is 1. The van der Waals surface area contributed by atoms with E-state index in [4.69, 9.17) is 5.11 Å². The first-order chi connectivity index (χ1) is 12.2. The first-order valence-corrected chi connectivity index (χ1v) is 8.78. The molecule has 0 spiro atoms. The molecule has 4 aromatic rings. The van der Waals surface area contributed by atoms with Gasteiger partial charge in [-0.1, -0.05) is 48.5 Å². The normalized spacial score (nSPS) is 10.9. The molecule has 0 saturated heterocycles. The molecule has 4 rings (SSSR count). The van der Waals surface area contributed by atoms with Crippen LogP contribution in [0.5, 0.6) is 0 Å². The van der Waals surface area contributed by atoms with Gasteiger partial charge >= 0.3 is 5.97 Å². The maximum Gasteiger partial charge on any atom is 0.335 e. The minimum atomic E-state index is -0.915. The number of hydrogen-bond acceptors (Lipinski definition) is 3. The maximum absolute atomic E-state index is 11.0. The molecule has 0 aliphatic heterocycles. The first kappa shape index (κ1) is 15.5. The van der Waals surface area contributed by atoms with Gasteiger partial charge in [0.1, 0.15) is 5.01 Å². The Kier molecular flexibility index (Phi) is 4.04. The molecule has 25 heavy (non-hydrogen) atoms. The highest BCUT2D eigenvalue weighted by Crippen LogP contribution is 2.31. The van der Waals surface area contributed by atoms with E-state index in [1.807, 2.05) is 18.2 Å². The highest BCUT2D eigenvalue weighted by atomic mass is 32.1. The summed E-state index contributed by atoms with van der Waals surface area (Å²) in [6.07, 6.45) is 0.900. The lowest BCUT2D eigenvalue weighted by molar-refractivity contribution is 0.0697. The lowest BCUT2D eigenvalue weighted by Gasteiger charge is -2.01. The van der Waals surface area contributed by atoms with Crippen LogP contribution in [0.15, 0.2) is 72.8 Å². The summed E-state index contributed by atoms with van der Waals surface area (Å²) in [7, 11) is 0. The monoisotopic (exact) mass is 345 g/mol. The number of aromatic nitrogens is 1. The SMILES string of the molecule is O=C(O)c1ccc(-c2nc3ccc(Cc4ccccc4)cc3s2)cc1. The van der Waals surface area contributed by atoms with Gasteiger partial charge in [-0.05, 0) is 41.8 Å². The van der Waals surface area contributed by atoms with Gasteiger partial charge in [-0.2, -0.15) is 0 Å². The average molecular weight is 345 g/mol. The van der Waals surface area contributed by atoms with Crippen LogP contribution in [0.2, 0.25) is 0 Å². The summed E-state index contributed by atoms with van der Waals surface area (Å²) in [5.74, 6) is -0.915. The van der Waals surface area contributed by atoms with E-state index < -0.39 is 5.97 Å². The zero-order valence-electron chi connectivity index (χ0n) is 13.3. The lowest BCUT2D eigenvalue weighted by Crippen LogP contribution is -1.94. The van der Waals surface area contributed by atoms with Gasteiger partial charge in [0, 0.05) is 5.56 Å². The fourth-order valence-electron chi connectivity index (χ4n) is 2.79. The van der Waals surface area contributed by atoms with E-state index in [1.54, 1.807) is 23.5 Å². The number of nitrogens with zero attached hydrogens (tertiary/aromatic N) is 1. The summed E-state index contributed by atoms with van der Waals surface area (Å²) in [6, 6.07) is 23.6. The van der Waals surface area contributed by atoms with E-state index in [2.05, 4.69) is 47.4 Å². The van der Waals surface area contributed by atoms with Crippen molar-refractivity contribution in [1.29, 1.82) is 0 Å². The fraction of sp³-hybridized carbons (Fsp3) is 0.0476. The molecule has 1 aromatic heterocycles. The summed E-state index contributed by atoms with van der Waals surface area (Å²) in [5.41, 5.74) is 4.75. The van der Waals surface area contributed by atoms with E-state index in [0.29, 0.717) is 0 Å². The van der Waals surface area contributed by atoms with Crippen molar-refractivity contribution in [3.05, 3.63) is 89.5 Å². The molecule has 3 aromatic carbocycles. The summed E-state index contributed by atoms with van der Waals surface area (Å²) < 4.78 is 1.14. The van der Waals surface area contributed by atoms with Crippen LogP contribution in [0.4, 0.5) is 0 Å². The second-order valence-corrected chi connectivity index (χ2v) is 6.90. The van der Waals surface area contributed by atoms with Crippen LogP contribution < -0.4 is 0 Å². The maximum atomic E-state index is 11.0. The Bertz CT molecular complexity index is 1040. The van der Waals surface area contributed by atoms with Gasteiger partial charge in [-0.15, -0.1) is 11.3 Å². The molecule has 1 heterocycles. The fourth-order valence-corrected chi connectivity index (χ4v) is 3.82. The van der Waals surface area contributed by atoms with Crippen molar-refractivity contribution in [1.82, 2.24) is 4.98 Å². The van der Waals surface area contributed by atoms with Crippen LogP contribution in [0.3, 0.4) is 0 Å². The standard InChI is InChI=1S/C21H15NO2S/c23-21(24)17-9-7-16(8-10-17)20-22-18-11-6-15(13-19(18)25-20)12-14-4-2-1-3-5-14/h1-11,13H,12H2,(H,23,24). The molecular weight excluding hydrogens is 330 g/mol. The van der Waals surface area contributed by atoms with Gasteiger partial charge in [-0.25, -0.2) is 9.78 Å². The Hall–Kier alpha value is -2.98. The van der Waals surface area contributed by atoms with Gasteiger partial charge in [0.05, 0.1) is 15.8 Å². The number of rotatable bonds is 4. The average Bonchev–Trinajstić information content (AvgIpc) is 3.06. The van der Waals surface area contributed by atoms with E-state index >= 15 is 0 Å². The molecule has 0 saturated carbocycles. The van der Waals surface area contributed by atoms with E-state index in [1.165, 1.54) is 11.1 Å². The zero-order valence-corrected chi connectivity index (χ0v) is 14.2. The van der Waals surface area contributed by atoms with Gasteiger partial charge in [0.15, 0.2) is 0 Å². The molecule has 3 nitrogen and oxygen atoms in total. The Morgan fingerprint density at radius 1 is 0.920 bits per heavy atom. The van der Waals surface area contributed by atoms with Crippen LogP contribution in [-0.2, 0) is 6.42 Å². The Labute approximate surface area is 149 Å². The Morgan fingerprint density at radius 2 is 1.68 bits per heavy atom. The molecule has 0 amide bonds. The van der Waals surface area contributed by atoms with Crippen LogP contribution in [0, 0.1) is 0 Å². The quantitative estimate of drug-likeness (QED) is 0.549. The molecule has 1 N–H and O–H groups in total. The number of fused-ring (bicyclic) bond motifs is 1. The number of carboxylic acids is 1. The summed E-state index contributed by atoms with van der Waals surface area (Å²) in [4.78, 5) is 15.6. The van der Waals surface area contributed by atoms with Crippen molar-refractivity contribution >= 4 is 27.5 Å². The highest BCUT2D eigenvalue weighted by Gasteiger charge is 2.09. The second kappa shape index (κ2) is 6.49. The van der Waals surface area contributed by atoms with Crippen molar-refractivity contribution in [2.75, 3.05) is 0 Å². The third-order valence-corrected chi connectivity index (χ3v) is 5.15. The van der Waals surface area contributed by atoms with Gasteiger partial charge in [-0.3, -0.25) is 0 Å². The Balaban J connectivity index is 1.65. The predicted molar refractivity (Wildman–Crippen MR) is 101 cm³/mol. The molecule has 0 aliphatic carbocycles. The van der Waals surface area contributed by atoms with Crippen LogP contribution >= 0.6 is 11.3 Å². The summed E-state index contributed by atoms with van der Waals surface area (Å²) >= 11 is 1.63. The van der Waals surface area contributed by atoms with Crippen LogP contribution in [0.25, 0.3) is 20.8 Å². The number of hydrogen-bond donors (Lipinski definition) is 1. The Morgan fingerprint density at radius 3 is 2.40 bits per heavy atom. The minimum Gasteiger partial charge on any atom is -0.478 e. The van der Waals surface area contributed by atoms with Gasteiger partial charge < -0.3 is 5.11 Å². The molecule has 0 fully saturated rings. The van der Waals surface area contributed by atoms with E-state index in [0.717, 1.165) is 27.2 Å². The molecule has 4 heteroatoms. The van der Waals surface area contributed by atoms with Gasteiger partial charge in [0.2, 0.25) is 0 Å². The second-order valence-electron chi connectivity index (χ2n) is 5.87. The first-order valence-electron chi connectivity index (χ1n) is 7.96. The molecule has 0 bridgehead atoms. The van der Waals surface area contributed by atoms with E-state index in [-0.39, 0.29) is 5.56 Å². The third kappa shape index (κ3) is 3.30.